The minimum atomic E-state index is -2.12. The number of benzene rings is 1. The van der Waals surface area contributed by atoms with Gasteiger partial charge in [-0.1, -0.05) is 0 Å². The van der Waals surface area contributed by atoms with Crippen LogP contribution in [0.4, 0.5) is 8.78 Å². The van der Waals surface area contributed by atoms with Crippen LogP contribution in [-0.4, -0.2) is 52.0 Å². The summed E-state index contributed by atoms with van der Waals surface area (Å²) in [5, 5.41) is 40.0. The second-order valence-corrected chi connectivity index (χ2v) is 5.96. The number of hydrogen-bond donors (Lipinski definition) is 3. The predicted molar refractivity (Wildman–Crippen MR) is 79.5 cm³/mol. The van der Waals surface area contributed by atoms with E-state index in [0.717, 1.165) is 12.1 Å². The summed E-state index contributed by atoms with van der Waals surface area (Å²) in [5.41, 5.74) is -1.30. The van der Waals surface area contributed by atoms with Gasteiger partial charge in [0.05, 0.1) is 5.97 Å². The van der Waals surface area contributed by atoms with Crippen molar-refractivity contribution in [2.24, 2.45) is 0 Å². The molecule has 0 saturated carbocycles. The molecule has 2 aromatic rings. The Balaban J connectivity index is 2.03. The Labute approximate surface area is 149 Å². The zero-order valence-electron chi connectivity index (χ0n) is 13.6. The lowest BCUT2D eigenvalue weighted by atomic mass is 9.99. The summed E-state index contributed by atoms with van der Waals surface area (Å²) < 4.78 is 43.3. The monoisotopic (exact) mass is 387 g/mol. The van der Waals surface area contributed by atoms with E-state index in [1.165, 1.54) is 6.92 Å². The van der Waals surface area contributed by atoms with Crippen LogP contribution in [0.15, 0.2) is 21.3 Å². The van der Waals surface area contributed by atoms with E-state index in [0.29, 0.717) is 0 Å². The Morgan fingerprint density at radius 3 is 2.48 bits per heavy atom. The molecule has 3 N–H and O–H groups in total. The van der Waals surface area contributed by atoms with Crippen LogP contribution in [0.5, 0.6) is 5.75 Å². The molecule has 0 spiro atoms. The van der Waals surface area contributed by atoms with Crippen molar-refractivity contribution in [3.8, 4) is 5.75 Å². The Morgan fingerprint density at radius 1 is 1.19 bits per heavy atom. The molecular weight excluding hydrogens is 374 g/mol. The fraction of sp³-hybridized carbons (Fsp3) is 0.375. The van der Waals surface area contributed by atoms with Crippen molar-refractivity contribution in [3.63, 3.8) is 0 Å². The van der Waals surface area contributed by atoms with Crippen molar-refractivity contribution >= 4 is 16.9 Å². The third kappa shape index (κ3) is 3.25. The van der Waals surface area contributed by atoms with Crippen LogP contribution >= 0.6 is 0 Å². The highest BCUT2D eigenvalue weighted by Crippen LogP contribution is 2.33. The molecule has 9 nitrogen and oxygen atoms in total. The molecular formula is C16H13F2O9-. The number of carboxylic acid groups (broad SMARTS) is 1. The molecule has 0 amide bonds. The highest BCUT2D eigenvalue weighted by molar-refractivity contribution is 5.82. The van der Waals surface area contributed by atoms with Crippen molar-refractivity contribution < 1.29 is 47.9 Å². The van der Waals surface area contributed by atoms with Crippen molar-refractivity contribution in [2.45, 2.75) is 37.6 Å². The van der Waals surface area contributed by atoms with Crippen LogP contribution < -0.4 is 15.5 Å². The maximum Gasteiger partial charge on any atom is 0.336 e. The van der Waals surface area contributed by atoms with Gasteiger partial charge in [0.2, 0.25) is 12.1 Å². The van der Waals surface area contributed by atoms with Crippen molar-refractivity contribution in [2.75, 3.05) is 0 Å². The van der Waals surface area contributed by atoms with Gasteiger partial charge >= 0.3 is 5.63 Å². The highest BCUT2D eigenvalue weighted by atomic mass is 19.1. The number of rotatable bonds is 3. The molecule has 0 radical (unpaired) electrons. The van der Waals surface area contributed by atoms with Gasteiger partial charge in [-0.3, -0.25) is 0 Å². The van der Waals surface area contributed by atoms with Crippen LogP contribution in [0, 0.1) is 18.6 Å². The van der Waals surface area contributed by atoms with E-state index < -0.39 is 65.3 Å². The number of carbonyl (C=O) groups excluding carboxylic acids is 1. The topological polar surface area (TPSA) is 149 Å². The second kappa shape index (κ2) is 6.85. The second-order valence-electron chi connectivity index (χ2n) is 5.96. The molecule has 11 heteroatoms. The van der Waals surface area contributed by atoms with Crippen LogP contribution in [0.25, 0.3) is 11.0 Å². The lowest BCUT2D eigenvalue weighted by molar-refractivity contribution is -0.342. The SMILES string of the molecule is Cc1cc(=O)oc2c(F)c(OC3OC(C(=O)[O-])C(O)C(O)C3O)c(F)cc12. The normalized spacial score (nSPS) is 28.3. The van der Waals surface area contributed by atoms with E-state index in [4.69, 9.17) is 13.9 Å². The number of aliphatic carboxylic acids is 1. The first kappa shape index (κ1) is 19.2. The third-order valence-corrected chi connectivity index (χ3v) is 4.13. The molecule has 1 aliphatic heterocycles. The number of aliphatic hydroxyl groups excluding tert-OH is 3. The number of aryl methyl sites for hydroxylation is 1. The molecule has 1 aromatic heterocycles. The summed E-state index contributed by atoms with van der Waals surface area (Å²) in [5.74, 6) is -5.78. The van der Waals surface area contributed by atoms with E-state index in [2.05, 4.69) is 0 Å². The summed E-state index contributed by atoms with van der Waals surface area (Å²) >= 11 is 0. The zero-order valence-corrected chi connectivity index (χ0v) is 13.6. The minimum absolute atomic E-state index is 0.0508. The van der Waals surface area contributed by atoms with Gasteiger partial charge in [0, 0.05) is 11.5 Å². The predicted octanol–water partition coefficient (Wildman–Crippen LogP) is -1.68. The van der Waals surface area contributed by atoms with Gasteiger partial charge in [0.15, 0.2) is 17.1 Å². The molecule has 0 aliphatic carbocycles. The first-order valence-electron chi connectivity index (χ1n) is 7.61. The fourth-order valence-electron chi connectivity index (χ4n) is 2.73. The van der Waals surface area contributed by atoms with E-state index in [-0.39, 0.29) is 10.9 Å². The molecule has 1 aliphatic rings. The average molecular weight is 387 g/mol. The smallest absolute Gasteiger partial charge is 0.336 e. The molecule has 3 rings (SSSR count). The summed E-state index contributed by atoms with van der Waals surface area (Å²) in [6, 6.07) is 1.83. The van der Waals surface area contributed by atoms with Crippen molar-refractivity contribution in [1.82, 2.24) is 0 Å². The zero-order chi connectivity index (χ0) is 20.0. The average Bonchev–Trinajstić information content (AvgIpc) is 2.59. The fourth-order valence-corrected chi connectivity index (χ4v) is 2.73. The number of halogens is 2. The molecule has 5 atom stereocenters. The van der Waals surface area contributed by atoms with Gasteiger partial charge < -0.3 is 39.1 Å². The minimum Gasteiger partial charge on any atom is -0.547 e. The van der Waals surface area contributed by atoms with E-state index in [1.807, 2.05) is 0 Å². The molecule has 1 saturated heterocycles. The number of fused-ring (bicyclic) bond motifs is 1. The van der Waals surface area contributed by atoms with Gasteiger partial charge in [0.1, 0.15) is 24.4 Å². The lowest BCUT2D eigenvalue weighted by Crippen LogP contribution is -2.63. The molecule has 1 aromatic carbocycles. The van der Waals surface area contributed by atoms with Crippen LogP contribution in [0.1, 0.15) is 5.56 Å². The van der Waals surface area contributed by atoms with Gasteiger partial charge in [0.25, 0.3) is 0 Å². The largest absolute Gasteiger partial charge is 0.547 e. The maximum absolute atomic E-state index is 14.6. The summed E-state index contributed by atoms with van der Waals surface area (Å²) in [6.07, 6.45) is -10.4. The maximum atomic E-state index is 14.6. The Hall–Kier alpha value is -2.60. The van der Waals surface area contributed by atoms with Crippen LogP contribution in [-0.2, 0) is 9.53 Å². The molecule has 1 fully saturated rings. The lowest BCUT2D eigenvalue weighted by Gasteiger charge is -2.40. The van der Waals surface area contributed by atoms with Crippen LogP contribution in [0.3, 0.4) is 0 Å². The first-order valence-corrected chi connectivity index (χ1v) is 7.61. The van der Waals surface area contributed by atoms with Crippen molar-refractivity contribution in [3.05, 3.63) is 39.8 Å². The van der Waals surface area contributed by atoms with E-state index >= 15 is 0 Å². The van der Waals surface area contributed by atoms with Gasteiger partial charge in [-0.2, -0.15) is 4.39 Å². The number of carboxylic acids is 1. The number of aliphatic hydroxyl groups is 3. The third-order valence-electron chi connectivity index (χ3n) is 4.13. The number of carbonyl (C=O) groups is 1. The van der Waals surface area contributed by atoms with E-state index in [9.17, 15) is 38.8 Å². The highest BCUT2D eigenvalue weighted by Gasteiger charge is 2.46. The summed E-state index contributed by atoms with van der Waals surface area (Å²) in [4.78, 5) is 22.4. The quantitative estimate of drug-likeness (QED) is 0.525. The molecule has 5 unspecified atom stereocenters. The van der Waals surface area contributed by atoms with Gasteiger partial charge in [-0.15, -0.1) is 0 Å². The van der Waals surface area contributed by atoms with E-state index in [1.54, 1.807) is 0 Å². The summed E-state index contributed by atoms with van der Waals surface area (Å²) in [7, 11) is 0. The molecule has 146 valence electrons. The number of hydrogen-bond acceptors (Lipinski definition) is 9. The Bertz CT molecular complexity index is 957. The first-order chi connectivity index (χ1) is 12.6. The molecule has 27 heavy (non-hydrogen) atoms. The summed E-state index contributed by atoms with van der Waals surface area (Å²) in [6.45, 7) is 1.43. The van der Waals surface area contributed by atoms with Gasteiger partial charge in [-0.25, -0.2) is 9.18 Å². The van der Waals surface area contributed by atoms with Crippen molar-refractivity contribution in [1.29, 1.82) is 0 Å². The van der Waals surface area contributed by atoms with Gasteiger partial charge in [-0.05, 0) is 18.6 Å². The molecule has 0 bridgehead atoms. The molecule has 2 heterocycles. The Kier molecular flexibility index (Phi) is 4.86. The standard InChI is InChI=1S/C16H14F2O9/c1-4-2-7(19)25-12-5(4)3-6(17)13(8(12)18)26-16-11(22)9(20)10(21)14(27-16)15(23)24/h2-3,9-11,14,16,20-22H,1H3,(H,23,24)/p-1. The number of ether oxygens (including phenoxy) is 2. The van der Waals surface area contributed by atoms with Crippen LogP contribution in [0.2, 0.25) is 0 Å². The Morgan fingerprint density at radius 2 is 1.85 bits per heavy atom.